The first-order valence-electron chi connectivity index (χ1n) is 8.95. The maximum absolute atomic E-state index is 13.1. The predicted molar refractivity (Wildman–Crippen MR) is 110 cm³/mol. The summed E-state index contributed by atoms with van der Waals surface area (Å²) < 4.78 is 2.97. The summed E-state index contributed by atoms with van der Waals surface area (Å²) in [6.07, 6.45) is 2.94. The zero-order valence-electron chi connectivity index (χ0n) is 15.9. The highest BCUT2D eigenvalue weighted by molar-refractivity contribution is 7.09. The number of Topliss-reactive ketones (excluding diaryl/α,β-unsaturated/α-hetero) is 1. The fourth-order valence-electron chi connectivity index (χ4n) is 3.25. The van der Waals surface area contributed by atoms with Crippen molar-refractivity contribution in [3.63, 3.8) is 0 Å². The number of hydrogen-bond donors (Lipinski definition) is 0. The Balaban J connectivity index is 1.76. The molecule has 0 amide bonds. The maximum atomic E-state index is 13.1. The summed E-state index contributed by atoms with van der Waals surface area (Å²) in [5.41, 5.74) is 2.92. The van der Waals surface area contributed by atoms with Crippen LogP contribution in [0.5, 0.6) is 0 Å². The number of carbonyl (C=O) groups excluding carboxylic acids is 1. The topological polar surface area (TPSA) is 93.6 Å². The average Bonchev–Trinajstić information content (AvgIpc) is 3.27. The lowest BCUT2D eigenvalue weighted by Gasteiger charge is -2.07. The van der Waals surface area contributed by atoms with Gasteiger partial charge < -0.3 is 4.57 Å². The molecule has 0 saturated heterocycles. The van der Waals surface area contributed by atoms with Crippen LogP contribution in [0.3, 0.4) is 0 Å². The van der Waals surface area contributed by atoms with E-state index in [2.05, 4.69) is 16.0 Å². The van der Waals surface area contributed by atoms with Crippen LogP contribution in [0.1, 0.15) is 32.2 Å². The second kappa shape index (κ2) is 7.45. The third-order valence-corrected chi connectivity index (χ3v) is 5.44. The molecule has 8 heteroatoms. The number of nitriles is 1. The minimum absolute atomic E-state index is 0.117. The van der Waals surface area contributed by atoms with Gasteiger partial charge in [-0.25, -0.2) is 9.97 Å². The van der Waals surface area contributed by atoms with Crippen molar-refractivity contribution < 1.29 is 4.79 Å². The Hall–Kier alpha value is -3.57. The molecule has 0 bridgehead atoms. The standard InChI is InChI=1S/C21H17N5O2S/c1-13-4-3-5-15(6-13)18(27)10-26-12-23-19-16(7-22)8-25(20(19)21(26)28)9-17-11-29-14(2)24-17/h3-6,8,11-12H,9-10H2,1-2H3. The van der Waals surface area contributed by atoms with Crippen molar-refractivity contribution in [1.82, 2.24) is 19.1 Å². The molecule has 0 radical (unpaired) electrons. The number of carbonyl (C=O) groups is 1. The van der Waals surface area contributed by atoms with Crippen molar-refractivity contribution in [2.24, 2.45) is 0 Å². The quantitative estimate of drug-likeness (QED) is 0.477. The minimum atomic E-state index is -0.357. The number of ketones is 1. The van der Waals surface area contributed by atoms with Crippen LogP contribution in [0.4, 0.5) is 0 Å². The normalized spacial score (nSPS) is 10.9. The molecule has 0 aliphatic rings. The molecule has 0 fully saturated rings. The van der Waals surface area contributed by atoms with E-state index in [-0.39, 0.29) is 17.9 Å². The molecule has 4 aromatic rings. The monoisotopic (exact) mass is 403 g/mol. The molecular formula is C21H17N5O2S. The summed E-state index contributed by atoms with van der Waals surface area (Å²) in [5.74, 6) is -0.175. The number of aromatic nitrogens is 4. The van der Waals surface area contributed by atoms with Crippen LogP contribution in [-0.4, -0.2) is 24.9 Å². The molecule has 3 aromatic heterocycles. The molecule has 4 rings (SSSR count). The molecular weight excluding hydrogens is 386 g/mol. The van der Waals surface area contributed by atoms with Gasteiger partial charge in [0.05, 0.1) is 35.7 Å². The third kappa shape index (κ3) is 3.60. The van der Waals surface area contributed by atoms with Gasteiger partial charge in [-0.2, -0.15) is 5.26 Å². The minimum Gasteiger partial charge on any atom is -0.334 e. The molecule has 7 nitrogen and oxygen atoms in total. The first-order valence-corrected chi connectivity index (χ1v) is 9.83. The van der Waals surface area contributed by atoms with E-state index in [1.807, 2.05) is 31.4 Å². The first-order chi connectivity index (χ1) is 14.0. The van der Waals surface area contributed by atoms with Crippen LogP contribution in [0.2, 0.25) is 0 Å². The number of thiazole rings is 1. The van der Waals surface area contributed by atoms with E-state index in [1.165, 1.54) is 22.2 Å². The van der Waals surface area contributed by atoms with Gasteiger partial charge in [0.1, 0.15) is 17.1 Å². The first kappa shape index (κ1) is 18.8. The Bertz CT molecular complexity index is 1340. The number of nitrogens with zero attached hydrogens (tertiary/aromatic N) is 5. The van der Waals surface area contributed by atoms with Crippen molar-refractivity contribution in [3.05, 3.63) is 79.9 Å². The highest BCUT2D eigenvalue weighted by atomic mass is 32.1. The summed E-state index contributed by atoms with van der Waals surface area (Å²) in [5, 5.41) is 12.3. The molecule has 0 atom stereocenters. The van der Waals surface area contributed by atoms with Gasteiger partial charge in [0, 0.05) is 17.1 Å². The number of rotatable bonds is 5. The Morgan fingerprint density at radius 1 is 1.28 bits per heavy atom. The SMILES string of the molecule is Cc1cccc(C(=O)Cn2cnc3c(C#N)cn(Cc4csc(C)n4)c3c2=O)c1. The van der Waals surface area contributed by atoms with Crippen molar-refractivity contribution >= 4 is 28.2 Å². The van der Waals surface area contributed by atoms with Gasteiger partial charge in [-0.1, -0.05) is 23.8 Å². The molecule has 144 valence electrons. The third-order valence-electron chi connectivity index (χ3n) is 4.61. The van der Waals surface area contributed by atoms with Crippen LogP contribution in [-0.2, 0) is 13.1 Å². The lowest BCUT2D eigenvalue weighted by atomic mass is 10.1. The maximum Gasteiger partial charge on any atom is 0.278 e. The number of fused-ring (bicyclic) bond motifs is 1. The smallest absolute Gasteiger partial charge is 0.278 e. The van der Waals surface area contributed by atoms with Crippen molar-refractivity contribution in [3.8, 4) is 6.07 Å². The van der Waals surface area contributed by atoms with Gasteiger partial charge >= 0.3 is 0 Å². The molecule has 0 N–H and O–H groups in total. The van der Waals surface area contributed by atoms with E-state index in [0.29, 0.717) is 28.7 Å². The molecule has 0 aliphatic heterocycles. The van der Waals surface area contributed by atoms with E-state index in [4.69, 9.17) is 0 Å². The number of hydrogen-bond acceptors (Lipinski definition) is 6. The van der Waals surface area contributed by atoms with Crippen molar-refractivity contribution in [2.75, 3.05) is 0 Å². The zero-order valence-corrected chi connectivity index (χ0v) is 16.7. The molecule has 0 unspecified atom stereocenters. The molecule has 1 aromatic carbocycles. The van der Waals surface area contributed by atoms with Gasteiger partial charge in [0.15, 0.2) is 5.78 Å². The highest BCUT2D eigenvalue weighted by Crippen LogP contribution is 2.18. The summed E-state index contributed by atoms with van der Waals surface area (Å²) in [6.45, 7) is 4.06. The summed E-state index contributed by atoms with van der Waals surface area (Å²) >= 11 is 1.52. The fraction of sp³-hybridized carbons (Fsp3) is 0.190. The lowest BCUT2D eigenvalue weighted by Crippen LogP contribution is -2.26. The predicted octanol–water partition coefficient (Wildman–Crippen LogP) is 3.07. The Morgan fingerprint density at radius 3 is 2.79 bits per heavy atom. The Kier molecular flexibility index (Phi) is 4.82. The van der Waals surface area contributed by atoms with Gasteiger partial charge in [0.25, 0.3) is 5.56 Å². The van der Waals surface area contributed by atoms with Crippen molar-refractivity contribution in [1.29, 1.82) is 5.26 Å². The van der Waals surface area contributed by atoms with Crippen molar-refractivity contribution in [2.45, 2.75) is 26.9 Å². The summed E-state index contributed by atoms with van der Waals surface area (Å²) in [4.78, 5) is 34.5. The van der Waals surface area contributed by atoms with Crippen LogP contribution in [0.15, 0.2) is 47.0 Å². The average molecular weight is 403 g/mol. The van der Waals surface area contributed by atoms with E-state index in [1.54, 1.807) is 22.9 Å². The van der Waals surface area contributed by atoms with Crippen LogP contribution in [0.25, 0.3) is 11.0 Å². The fourth-order valence-corrected chi connectivity index (χ4v) is 3.86. The molecule has 0 aliphatic carbocycles. The van der Waals surface area contributed by atoms with Crippen LogP contribution in [0, 0.1) is 25.2 Å². The summed E-state index contributed by atoms with van der Waals surface area (Å²) in [7, 11) is 0. The number of benzene rings is 1. The van der Waals surface area contributed by atoms with Crippen LogP contribution < -0.4 is 5.56 Å². The molecule has 29 heavy (non-hydrogen) atoms. The molecule has 0 spiro atoms. The second-order valence-corrected chi connectivity index (χ2v) is 7.87. The Morgan fingerprint density at radius 2 is 2.10 bits per heavy atom. The summed E-state index contributed by atoms with van der Waals surface area (Å²) in [6, 6.07) is 9.33. The Labute approximate surface area is 170 Å². The van der Waals surface area contributed by atoms with Gasteiger partial charge in [0.2, 0.25) is 0 Å². The zero-order chi connectivity index (χ0) is 20.5. The van der Waals surface area contributed by atoms with E-state index < -0.39 is 0 Å². The van der Waals surface area contributed by atoms with E-state index in [0.717, 1.165) is 16.3 Å². The highest BCUT2D eigenvalue weighted by Gasteiger charge is 2.17. The van der Waals surface area contributed by atoms with E-state index in [9.17, 15) is 14.9 Å². The second-order valence-electron chi connectivity index (χ2n) is 6.81. The van der Waals surface area contributed by atoms with Gasteiger partial charge in [-0.3, -0.25) is 14.2 Å². The van der Waals surface area contributed by atoms with Crippen LogP contribution >= 0.6 is 11.3 Å². The van der Waals surface area contributed by atoms with E-state index >= 15 is 0 Å². The number of aryl methyl sites for hydroxylation is 2. The molecule has 3 heterocycles. The van der Waals surface area contributed by atoms with Gasteiger partial charge in [-0.15, -0.1) is 11.3 Å². The molecule has 0 saturated carbocycles. The lowest BCUT2D eigenvalue weighted by molar-refractivity contribution is 0.0970. The largest absolute Gasteiger partial charge is 0.334 e. The van der Waals surface area contributed by atoms with Gasteiger partial charge in [-0.05, 0) is 19.9 Å².